The normalized spacial score (nSPS) is 13.9. The fourth-order valence-electron chi connectivity index (χ4n) is 2.38. The third-order valence-electron chi connectivity index (χ3n) is 3.52. The van der Waals surface area contributed by atoms with E-state index in [1.54, 1.807) is 6.07 Å². The van der Waals surface area contributed by atoms with Gasteiger partial charge in [-0.3, -0.25) is 0 Å². The zero-order valence-corrected chi connectivity index (χ0v) is 12.6. The van der Waals surface area contributed by atoms with Crippen LogP contribution in [0.25, 0.3) is 0 Å². The van der Waals surface area contributed by atoms with Crippen LogP contribution >= 0.6 is 11.6 Å². The summed E-state index contributed by atoms with van der Waals surface area (Å²) in [5, 5.41) is 14.3. The Morgan fingerprint density at radius 2 is 1.90 bits per heavy atom. The predicted molar refractivity (Wildman–Crippen MR) is 84.1 cm³/mol. The zero-order valence-electron chi connectivity index (χ0n) is 11.8. The van der Waals surface area contributed by atoms with Gasteiger partial charge in [-0.2, -0.15) is 0 Å². The molecule has 2 aromatic carbocycles. The molecule has 0 aliphatic rings. The predicted octanol–water partition coefficient (Wildman–Crippen LogP) is 4.85. The molecule has 106 valence electrons. The summed E-state index contributed by atoms with van der Waals surface area (Å²) in [5.74, 6) is 0.338. The van der Waals surface area contributed by atoms with Crippen molar-refractivity contribution in [3.8, 4) is 5.75 Å². The highest BCUT2D eigenvalue weighted by atomic mass is 35.5. The lowest BCUT2D eigenvalue weighted by atomic mass is 10.0. The molecule has 3 heteroatoms. The summed E-state index contributed by atoms with van der Waals surface area (Å²) >= 11 is 6.03. The molecule has 0 saturated carbocycles. The van der Waals surface area contributed by atoms with Gasteiger partial charge in [0.1, 0.15) is 5.75 Å². The van der Waals surface area contributed by atoms with Crippen molar-refractivity contribution in [1.29, 1.82) is 0 Å². The molecule has 0 aliphatic heterocycles. The molecule has 0 aromatic heterocycles. The molecule has 0 radical (unpaired) electrons. The molecule has 0 saturated heterocycles. The molecule has 0 bridgehead atoms. The Hall–Kier alpha value is -1.51. The van der Waals surface area contributed by atoms with Gasteiger partial charge in [-0.15, -0.1) is 0 Å². The van der Waals surface area contributed by atoms with Crippen LogP contribution in [0.5, 0.6) is 5.75 Å². The van der Waals surface area contributed by atoms with Crippen molar-refractivity contribution in [2.45, 2.75) is 32.4 Å². The molecule has 0 heterocycles. The molecule has 2 atom stereocenters. The molecule has 0 aliphatic carbocycles. The van der Waals surface area contributed by atoms with E-state index in [0.717, 1.165) is 22.6 Å². The van der Waals surface area contributed by atoms with Crippen LogP contribution < -0.4 is 5.32 Å². The molecule has 2 aromatic rings. The Balaban J connectivity index is 2.16. The van der Waals surface area contributed by atoms with E-state index in [1.807, 2.05) is 36.4 Å². The maximum absolute atomic E-state index is 9.98. The van der Waals surface area contributed by atoms with E-state index in [9.17, 15) is 5.11 Å². The average molecular weight is 290 g/mol. The molecule has 2 rings (SSSR count). The number of phenols is 1. The molecule has 0 amide bonds. The first kappa shape index (κ1) is 14.9. The molecule has 2 nitrogen and oxygen atoms in total. The Morgan fingerprint density at radius 3 is 2.55 bits per heavy atom. The van der Waals surface area contributed by atoms with E-state index in [-0.39, 0.29) is 12.1 Å². The first-order valence-electron chi connectivity index (χ1n) is 6.91. The number of hydrogen-bond acceptors (Lipinski definition) is 2. The molecule has 2 N–H and O–H groups in total. The molecule has 1 unspecified atom stereocenters. The molecular formula is C17H20ClNO. The second-order valence-electron chi connectivity index (χ2n) is 4.96. The number of aromatic hydroxyl groups is 1. The Kier molecular flexibility index (Phi) is 5.05. The molecule has 0 spiro atoms. The maximum atomic E-state index is 9.98. The van der Waals surface area contributed by atoms with Gasteiger partial charge in [0.05, 0.1) is 0 Å². The van der Waals surface area contributed by atoms with Crippen molar-refractivity contribution in [3.05, 3.63) is 64.7 Å². The van der Waals surface area contributed by atoms with Crippen LogP contribution in [0.15, 0.2) is 48.5 Å². The van der Waals surface area contributed by atoms with Crippen molar-refractivity contribution < 1.29 is 5.11 Å². The summed E-state index contributed by atoms with van der Waals surface area (Å²) < 4.78 is 0. The summed E-state index contributed by atoms with van der Waals surface area (Å²) in [6.07, 6.45) is 0.905. The Bertz CT molecular complexity index is 570. The first-order chi connectivity index (χ1) is 9.61. The second kappa shape index (κ2) is 6.78. The van der Waals surface area contributed by atoms with Crippen LogP contribution in [-0.2, 0) is 0 Å². The highest BCUT2D eigenvalue weighted by molar-refractivity contribution is 6.30. The summed E-state index contributed by atoms with van der Waals surface area (Å²) in [4.78, 5) is 0. The molecule has 0 fully saturated rings. The summed E-state index contributed by atoms with van der Waals surface area (Å²) in [5.41, 5.74) is 2.08. The van der Waals surface area contributed by atoms with Gasteiger partial charge in [-0.1, -0.05) is 48.9 Å². The van der Waals surface area contributed by atoms with Crippen molar-refractivity contribution in [1.82, 2.24) is 5.32 Å². The van der Waals surface area contributed by atoms with Gasteiger partial charge >= 0.3 is 0 Å². The smallest absolute Gasteiger partial charge is 0.120 e. The van der Waals surface area contributed by atoms with Gasteiger partial charge in [-0.05, 0) is 37.1 Å². The SMILES string of the molecule is CCC(N[C@H](C)c1cccc(Cl)c1)c1ccccc1O. The maximum Gasteiger partial charge on any atom is 0.120 e. The number of halogens is 1. The largest absolute Gasteiger partial charge is 0.508 e. The number of benzene rings is 2. The van der Waals surface area contributed by atoms with E-state index >= 15 is 0 Å². The van der Waals surface area contributed by atoms with Crippen LogP contribution in [-0.4, -0.2) is 5.11 Å². The minimum absolute atomic E-state index is 0.116. The number of nitrogens with one attached hydrogen (secondary N) is 1. The van der Waals surface area contributed by atoms with E-state index < -0.39 is 0 Å². The van der Waals surface area contributed by atoms with Gasteiger partial charge in [0.25, 0.3) is 0 Å². The molecular weight excluding hydrogens is 270 g/mol. The summed E-state index contributed by atoms with van der Waals surface area (Å²) in [6.45, 7) is 4.21. The van der Waals surface area contributed by atoms with Crippen LogP contribution in [0.3, 0.4) is 0 Å². The van der Waals surface area contributed by atoms with E-state index in [1.165, 1.54) is 0 Å². The second-order valence-corrected chi connectivity index (χ2v) is 5.40. The van der Waals surface area contributed by atoms with Crippen LogP contribution in [0.2, 0.25) is 5.02 Å². The van der Waals surface area contributed by atoms with Crippen LogP contribution in [0.4, 0.5) is 0 Å². The van der Waals surface area contributed by atoms with Gasteiger partial charge < -0.3 is 10.4 Å². The lowest BCUT2D eigenvalue weighted by molar-refractivity contribution is 0.419. The van der Waals surface area contributed by atoms with E-state index in [2.05, 4.69) is 25.2 Å². The number of para-hydroxylation sites is 1. The quantitative estimate of drug-likeness (QED) is 0.825. The fraction of sp³-hybridized carbons (Fsp3) is 0.294. The third kappa shape index (κ3) is 3.53. The monoisotopic (exact) mass is 289 g/mol. The number of rotatable bonds is 5. The summed E-state index contributed by atoms with van der Waals surface area (Å²) in [7, 11) is 0. The number of phenolic OH excluding ortho intramolecular Hbond substituents is 1. The first-order valence-corrected chi connectivity index (χ1v) is 7.29. The van der Waals surface area contributed by atoms with Crippen molar-refractivity contribution in [2.75, 3.05) is 0 Å². The minimum Gasteiger partial charge on any atom is -0.508 e. The van der Waals surface area contributed by atoms with Gasteiger partial charge in [0, 0.05) is 22.7 Å². The van der Waals surface area contributed by atoms with Crippen LogP contribution in [0, 0.1) is 0 Å². The summed E-state index contributed by atoms with van der Waals surface area (Å²) in [6, 6.07) is 15.6. The van der Waals surface area contributed by atoms with E-state index in [4.69, 9.17) is 11.6 Å². The lowest BCUT2D eigenvalue weighted by Gasteiger charge is -2.23. The van der Waals surface area contributed by atoms with Gasteiger partial charge in [0.15, 0.2) is 0 Å². The van der Waals surface area contributed by atoms with Crippen molar-refractivity contribution >= 4 is 11.6 Å². The topological polar surface area (TPSA) is 32.3 Å². The average Bonchev–Trinajstić information content (AvgIpc) is 2.45. The van der Waals surface area contributed by atoms with Crippen LogP contribution in [0.1, 0.15) is 43.5 Å². The lowest BCUT2D eigenvalue weighted by Crippen LogP contribution is -2.24. The van der Waals surface area contributed by atoms with Gasteiger partial charge in [-0.25, -0.2) is 0 Å². The Morgan fingerprint density at radius 1 is 1.15 bits per heavy atom. The number of hydrogen-bond donors (Lipinski definition) is 2. The third-order valence-corrected chi connectivity index (χ3v) is 3.76. The highest BCUT2D eigenvalue weighted by Crippen LogP contribution is 2.28. The van der Waals surface area contributed by atoms with Crippen molar-refractivity contribution in [3.63, 3.8) is 0 Å². The van der Waals surface area contributed by atoms with E-state index in [0.29, 0.717) is 5.75 Å². The Labute approximate surface area is 125 Å². The minimum atomic E-state index is 0.116. The highest BCUT2D eigenvalue weighted by Gasteiger charge is 2.16. The van der Waals surface area contributed by atoms with Gasteiger partial charge in [0.2, 0.25) is 0 Å². The standard InChI is InChI=1S/C17H20ClNO/c1-3-16(15-9-4-5-10-17(15)20)19-12(2)13-7-6-8-14(18)11-13/h4-12,16,19-20H,3H2,1-2H3/t12-,16?/m1/s1. The zero-order chi connectivity index (χ0) is 14.5. The molecule has 20 heavy (non-hydrogen) atoms. The fourth-order valence-corrected chi connectivity index (χ4v) is 2.58. The van der Waals surface area contributed by atoms with Crippen molar-refractivity contribution in [2.24, 2.45) is 0 Å².